The Morgan fingerprint density at radius 3 is 2.24 bits per heavy atom. The Kier molecular flexibility index (Phi) is 3.87. The highest BCUT2D eigenvalue weighted by Gasteiger charge is 2.27. The Morgan fingerprint density at radius 1 is 1.14 bits per heavy atom. The molecule has 0 aliphatic heterocycles. The molecular weight excluding hydrogens is 258 g/mol. The summed E-state index contributed by atoms with van der Waals surface area (Å²) in [6, 6.07) is 6.73. The number of nitrogens with zero attached hydrogens (tertiary/aromatic N) is 2. The fraction of sp³-hybridized carbons (Fsp3) is 0.500. The molecule has 3 nitrogen and oxygen atoms in total. The number of aryl methyl sites for hydroxylation is 2. The van der Waals surface area contributed by atoms with Crippen LogP contribution in [-0.2, 0) is 5.41 Å². The zero-order valence-corrected chi connectivity index (χ0v) is 14.3. The third-order valence-electron chi connectivity index (χ3n) is 3.78. The summed E-state index contributed by atoms with van der Waals surface area (Å²) in [5.41, 5.74) is 10.9. The van der Waals surface area contributed by atoms with Crippen molar-refractivity contribution in [3.8, 4) is 11.3 Å². The molecule has 0 bridgehead atoms. The number of hydrogen-bond donors (Lipinski definition) is 1. The molecule has 114 valence electrons. The number of nitrogen functional groups attached to an aromatic ring is 1. The van der Waals surface area contributed by atoms with E-state index in [1.54, 1.807) is 0 Å². The maximum absolute atomic E-state index is 6.45. The van der Waals surface area contributed by atoms with E-state index >= 15 is 0 Å². The molecular formula is C18H27N3. The van der Waals surface area contributed by atoms with E-state index in [1.165, 1.54) is 11.1 Å². The van der Waals surface area contributed by atoms with Crippen LogP contribution in [0, 0.1) is 13.8 Å². The van der Waals surface area contributed by atoms with Crippen molar-refractivity contribution >= 4 is 5.82 Å². The summed E-state index contributed by atoms with van der Waals surface area (Å²) in [6.45, 7) is 15.1. The van der Waals surface area contributed by atoms with Gasteiger partial charge < -0.3 is 10.3 Å². The fourth-order valence-corrected chi connectivity index (χ4v) is 2.69. The van der Waals surface area contributed by atoms with Crippen LogP contribution in [0.15, 0.2) is 18.2 Å². The van der Waals surface area contributed by atoms with E-state index in [0.717, 1.165) is 22.9 Å². The van der Waals surface area contributed by atoms with Crippen LogP contribution in [0.2, 0.25) is 0 Å². The van der Waals surface area contributed by atoms with E-state index in [-0.39, 0.29) is 5.41 Å². The second-order valence-corrected chi connectivity index (χ2v) is 7.20. The van der Waals surface area contributed by atoms with Gasteiger partial charge >= 0.3 is 0 Å². The lowest BCUT2D eigenvalue weighted by molar-refractivity contribution is 0.473. The molecule has 0 aliphatic carbocycles. The zero-order valence-electron chi connectivity index (χ0n) is 14.3. The summed E-state index contributed by atoms with van der Waals surface area (Å²) in [7, 11) is 0. The maximum Gasteiger partial charge on any atom is 0.132 e. The molecule has 21 heavy (non-hydrogen) atoms. The lowest BCUT2D eigenvalue weighted by Crippen LogP contribution is -2.21. The Balaban J connectivity index is 2.74. The van der Waals surface area contributed by atoms with Gasteiger partial charge in [-0.25, -0.2) is 4.98 Å². The van der Waals surface area contributed by atoms with Gasteiger partial charge in [-0.2, -0.15) is 0 Å². The van der Waals surface area contributed by atoms with Gasteiger partial charge in [0.1, 0.15) is 17.3 Å². The molecule has 3 heteroatoms. The van der Waals surface area contributed by atoms with Gasteiger partial charge in [0, 0.05) is 17.0 Å². The molecule has 2 aromatic rings. The molecule has 0 amide bonds. The predicted molar refractivity (Wildman–Crippen MR) is 90.6 cm³/mol. The van der Waals surface area contributed by atoms with Crippen LogP contribution in [0.3, 0.4) is 0 Å². The molecule has 0 radical (unpaired) electrons. The van der Waals surface area contributed by atoms with Gasteiger partial charge in [-0.1, -0.05) is 38.5 Å². The first-order chi connectivity index (χ1) is 9.62. The van der Waals surface area contributed by atoms with Crippen molar-refractivity contribution in [3.05, 3.63) is 35.2 Å². The highest BCUT2D eigenvalue weighted by Crippen LogP contribution is 2.35. The van der Waals surface area contributed by atoms with Crippen molar-refractivity contribution in [2.24, 2.45) is 0 Å². The quantitative estimate of drug-likeness (QED) is 0.874. The molecule has 0 saturated carbocycles. The van der Waals surface area contributed by atoms with E-state index in [1.807, 2.05) is 0 Å². The van der Waals surface area contributed by atoms with Gasteiger partial charge in [-0.05, 0) is 39.3 Å². The van der Waals surface area contributed by atoms with Crippen LogP contribution in [0.25, 0.3) is 11.3 Å². The summed E-state index contributed by atoms with van der Waals surface area (Å²) in [6.07, 6.45) is 0. The van der Waals surface area contributed by atoms with Crippen LogP contribution in [0.1, 0.15) is 57.6 Å². The first kappa shape index (κ1) is 15.6. The lowest BCUT2D eigenvalue weighted by Gasteiger charge is -2.22. The number of nitrogens with two attached hydrogens (primary N) is 1. The minimum absolute atomic E-state index is 0.0334. The van der Waals surface area contributed by atoms with Crippen molar-refractivity contribution in [3.63, 3.8) is 0 Å². The first-order valence-corrected chi connectivity index (χ1v) is 7.58. The van der Waals surface area contributed by atoms with E-state index in [0.29, 0.717) is 6.04 Å². The zero-order chi connectivity index (χ0) is 15.9. The van der Waals surface area contributed by atoms with E-state index in [4.69, 9.17) is 10.7 Å². The van der Waals surface area contributed by atoms with E-state index in [2.05, 4.69) is 71.2 Å². The van der Waals surface area contributed by atoms with Crippen LogP contribution in [0.5, 0.6) is 0 Å². The normalized spacial score (nSPS) is 12.2. The Labute approximate surface area is 128 Å². The van der Waals surface area contributed by atoms with Gasteiger partial charge in [0.05, 0.1) is 0 Å². The number of benzene rings is 1. The van der Waals surface area contributed by atoms with Crippen molar-refractivity contribution in [2.75, 3.05) is 5.73 Å². The van der Waals surface area contributed by atoms with Crippen LogP contribution < -0.4 is 5.73 Å². The highest BCUT2D eigenvalue weighted by molar-refractivity contribution is 5.74. The summed E-state index contributed by atoms with van der Waals surface area (Å²) in [5.74, 6) is 1.81. The molecule has 1 aromatic carbocycles. The molecule has 2 rings (SSSR count). The molecule has 0 atom stereocenters. The van der Waals surface area contributed by atoms with Gasteiger partial charge in [-0.3, -0.25) is 0 Å². The molecule has 0 aliphatic rings. The lowest BCUT2D eigenvalue weighted by atomic mass is 9.95. The highest BCUT2D eigenvalue weighted by atomic mass is 15.2. The third kappa shape index (κ3) is 2.82. The summed E-state index contributed by atoms with van der Waals surface area (Å²) < 4.78 is 2.16. The minimum Gasteiger partial charge on any atom is -0.383 e. The van der Waals surface area contributed by atoms with Crippen molar-refractivity contribution < 1.29 is 0 Å². The number of imidazole rings is 1. The minimum atomic E-state index is -0.0334. The molecule has 1 aromatic heterocycles. The molecule has 0 unspecified atom stereocenters. The summed E-state index contributed by atoms with van der Waals surface area (Å²) in [5, 5.41) is 0. The third-order valence-corrected chi connectivity index (χ3v) is 3.78. The SMILES string of the molecule is Cc1ccc(C)c(-c2nc(C(C)(C)C)n(C(C)C)c2N)c1. The molecule has 0 fully saturated rings. The summed E-state index contributed by atoms with van der Waals surface area (Å²) in [4.78, 5) is 4.91. The summed E-state index contributed by atoms with van der Waals surface area (Å²) >= 11 is 0. The monoisotopic (exact) mass is 285 g/mol. The largest absolute Gasteiger partial charge is 0.383 e. The van der Waals surface area contributed by atoms with Gasteiger partial charge in [-0.15, -0.1) is 0 Å². The first-order valence-electron chi connectivity index (χ1n) is 7.58. The van der Waals surface area contributed by atoms with Crippen LogP contribution >= 0.6 is 0 Å². The molecule has 2 N–H and O–H groups in total. The number of aromatic nitrogens is 2. The predicted octanol–water partition coefficient (Wildman–Crippen LogP) is 4.63. The maximum atomic E-state index is 6.45. The number of hydrogen-bond acceptors (Lipinski definition) is 2. The number of anilines is 1. The molecule has 0 saturated heterocycles. The average Bonchev–Trinajstić information content (AvgIpc) is 2.70. The van der Waals surface area contributed by atoms with E-state index in [9.17, 15) is 0 Å². The van der Waals surface area contributed by atoms with Gasteiger partial charge in [0.2, 0.25) is 0 Å². The van der Waals surface area contributed by atoms with Crippen molar-refractivity contribution in [1.82, 2.24) is 9.55 Å². The average molecular weight is 285 g/mol. The Morgan fingerprint density at radius 2 is 1.76 bits per heavy atom. The van der Waals surface area contributed by atoms with Crippen molar-refractivity contribution in [2.45, 2.75) is 59.9 Å². The van der Waals surface area contributed by atoms with Crippen LogP contribution in [0.4, 0.5) is 5.82 Å². The molecule has 1 heterocycles. The second-order valence-electron chi connectivity index (χ2n) is 7.20. The van der Waals surface area contributed by atoms with Crippen molar-refractivity contribution in [1.29, 1.82) is 0 Å². The Bertz CT molecular complexity index is 658. The number of rotatable bonds is 2. The topological polar surface area (TPSA) is 43.8 Å². The van der Waals surface area contributed by atoms with Gasteiger partial charge in [0.15, 0.2) is 0 Å². The van der Waals surface area contributed by atoms with E-state index < -0.39 is 0 Å². The standard InChI is InChI=1S/C18H27N3/c1-11(2)21-16(19)15(20-17(21)18(5,6)7)14-10-12(3)8-9-13(14)4/h8-11H,19H2,1-7H3. The molecule has 0 spiro atoms. The fourth-order valence-electron chi connectivity index (χ4n) is 2.69. The smallest absolute Gasteiger partial charge is 0.132 e. The second kappa shape index (κ2) is 5.21. The van der Waals surface area contributed by atoms with Crippen LogP contribution in [-0.4, -0.2) is 9.55 Å². The Hall–Kier alpha value is -1.77. The van der Waals surface area contributed by atoms with Gasteiger partial charge in [0.25, 0.3) is 0 Å².